The summed E-state index contributed by atoms with van der Waals surface area (Å²) in [6.45, 7) is 9.26. The molecule has 21 heavy (non-hydrogen) atoms. The number of rotatable bonds is 3. The van der Waals surface area contributed by atoms with Crippen LogP contribution in [0.15, 0.2) is 10.8 Å². The second kappa shape index (κ2) is 6.15. The molecule has 3 heterocycles. The molecular formula is C15H23N3O3. The van der Waals surface area contributed by atoms with Crippen molar-refractivity contribution in [3.05, 3.63) is 17.8 Å². The molecule has 0 radical (unpaired) electrons. The Morgan fingerprint density at radius 1 is 1.38 bits per heavy atom. The Morgan fingerprint density at radius 2 is 2.14 bits per heavy atom. The molecule has 0 aliphatic carbocycles. The molecule has 0 aromatic carbocycles. The Hall–Kier alpha value is -1.40. The molecule has 0 spiro atoms. The lowest BCUT2D eigenvalue weighted by Gasteiger charge is -2.33. The van der Waals surface area contributed by atoms with E-state index in [-0.39, 0.29) is 5.91 Å². The molecule has 3 rings (SSSR count). The summed E-state index contributed by atoms with van der Waals surface area (Å²) in [6, 6.07) is 0.426. The summed E-state index contributed by atoms with van der Waals surface area (Å²) in [6.07, 6.45) is 2.06. The third kappa shape index (κ3) is 2.82. The first-order chi connectivity index (χ1) is 10.2. The third-order valence-corrected chi connectivity index (χ3v) is 4.54. The van der Waals surface area contributed by atoms with Crippen molar-refractivity contribution in [1.29, 1.82) is 0 Å². The highest BCUT2D eigenvalue weighted by Crippen LogP contribution is 2.24. The first kappa shape index (κ1) is 14.5. The molecule has 6 nitrogen and oxygen atoms in total. The van der Waals surface area contributed by atoms with Crippen molar-refractivity contribution < 1.29 is 13.9 Å². The number of nitrogens with zero attached hydrogens (tertiary/aromatic N) is 3. The van der Waals surface area contributed by atoms with E-state index in [4.69, 9.17) is 9.15 Å². The minimum absolute atomic E-state index is 0.00297. The summed E-state index contributed by atoms with van der Waals surface area (Å²) >= 11 is 0. The van der Waals surface area contributed by atoms with E-state index < -0.39 is 0 Å². The molecule has 0 N–H and O–H groups in total. The zero-order valence-electron chi connectivity index (χ0n) is 12.7. The maximum atomic E-state index is 12.6. The van der Waals surface area contributed by atoms with Gasteiger partial charge in [0.15, 0.2) is 12.1 Å². The smallest absolute Gasteiger partial charge is 0.276 e. The Bertz CT molecular complexity index is 496. The normalized spacial score (nSPS) is 27.2. The van der Waals surface area contributed by atoms with Gasteiger partial charge in [-0.1, -0.05) is 13.8 Å². The fourth-order valence-corrected chi connectivity index (χ4v) is 3.35. The van der Waals surface area contributed by atoms with E-state index in [1.54, 1.807) is 0 Å². The Morgan fingerprint density at radius 3 is 2.86 bits per heavy atom. The van der Waals surface area contributed by atoms with Crippen LogP contribution in [0.3, 0.4) is 0 Å². The number of oxazole rings is 1. The number of aryl methyl sites for hydroxylation is 1. The van der Waals surface area contributed by atoms with Gasteiger partial charge in [0.2, 0.25) is 0 Å². The highest BCUT2D eigenvalue weighted by molar-refractivity contribution is 5.93. The molecule has 116 valence electrons. The predicted molar refractivity (Wildman–Crippen MR) is 77.1 cm³/mol. The van der Waals surface area contributed by atoms with Gasteiger partial charge < -0.3 is 14.1 Å². The molecule has 2 aliphatic heterocycles. The van der Waals surface area contributed by atoms with Crippen molar-refractivity contribution in [1.82, 2.24) is 14.8 Å². The van der Waals surface area contributed by atoms with Gasteiger partial charge in [-0.25, -0.2) is 4.98 Å². The number of hydrogen-bond acceptors (Lipinski definition) is 5. The summed E-state index contributed by atoms with van der Waals surface area (Å²) in [5, 5.41) is 0. The van der Waals surface area contributed by atoms with Crippen LogP contribution >= 0.6 is 0 Å². The van der Waals surface area contributed by atoms with E-state index in [0.29, 0.717) is 29.8 Å². The number of carbonyl (C=O) groups excluding carboxylic acids is 1. The van der Waals surface area contributed by atoms with Crippen molar-refractivity contribution in [3.8, 4) is 0 Å². The second-order valence-corrected chi connectivity index (χ2v) is 5.88. The third-order valence-electron chi connectivity index (χ3n) is 4.54. The van der Waals surface area contributed by atoms with Gasteiger partial charge >= 0.3 is 0 Å². The molecule has 2 fully saturated rings. The van der Waals surface area contributed by atoms with E-state index >= 15 is 0 Å². The number of likely N-dealkylation sites (tertiary alicyclic amines) is 1. The lowest BCUT2D eigenvalue weighted by Crippen LogP contribution is -2.47. The average molecular weight is 293 g/mol. The number of morpholine rings is 1. The van der Waals surface area contributed by atoms with E-state index in [0.717, 1.165) is 39.4 Å². The van der Waals surface area contributed by atoms with Crippen LogP contribution in [0.25, 0.3) is 0 Å². The Balaban J connectivity index is 1.69. The van der Waals surface area contributed by atoms with Crippen molar-refractivity contribution in [3.63, 3.8) is 0 Å². The van der Waals surface area contributed by atoms with Crippen LogP contribution < -0.4 is 0 Å². The zero-order valence-corrected chi connectivity index (χ0v) is 12.7. The fourth-order valence-electron chi connectivity index (χ4n) is 3.35. The van der Waals surface area contributed by atoms with Crippen LogP contribution in [-0.4, -0.2) is 66.1 Å². The minimum atomic E-state index is 0.00297. The summed E-state index contributed by atoms with van der Waals surface area (Å²) in [7, 11) is 0. The van der Waals surface area contributed by atoms with Crippen LogP contribution in [0.1, 0.15) is 30.1 Å². The second-order valence-electron chi connectivity index (χ2n) is 5.88. The molecule has 1 aromatic heterocycles. The fraction of sp³-hybridized carbons (Fsp3) is 0.733. The maximum absolute atomic E-state index is 12.6. The molecule has 1 aromatic rings. The highest BCUT2D eigenvalue weighted by atomic mass is 16.5. The van der Waals surface area contributed by atoms with Gasteiger partial charge in [0, 0.05) is 38.6 Å². The zero-order chi connectivity index (χ0) is 14.8. The van der Waals surface area contributed by atoms with E-state index in [9.17, 15) is 4.79 Å². The van der Waals surface area contributed by atoms with Crippen LogP contribution in [0.4, 0.5) is 0 Å². The number of hydrogen-bond donors (Lipinski definition) is 0. The largest absolute Gasteiger partial charge is 0.448 e. The van der Waals surface area contributed by atoms with Gasteiger partial charge in [-0.3, -0.25) is 9.69 Å². The van der Waals surface area contributed by atoms with Crippen molar-refractivity contribution in [2.75, 3.05) is 39.4 Å². The molecule has 0 bridgehead atoms. The van der Waals surface area contributed by atoms with E-state index in [2.05, 4.69) is 16.8 Å². The topological polar surface area (TPSA) is 58.8 Å². The molecule has 2 atom stereocenters. The predicted octanol–water partition coefficient (Wildman–Crippen LogP) is 1.03. The van der Waals surface area contributed by atoms with Gasteiger partial charge in [-0.2, -0.15) is 0 Å². The lowest BCUT2D eigenvalue weighted by molar-refractivity contribution is 0.0119. The monoisotopic (exact) mass is 293 g/mol. The van der Waals surface area contributed by atoms with Crippen molar-refractivity contribution >= 4 is 5.91 Å². The first-order valence-electron chi connectivity index (χ1n) is 7.74. The van der Waals surface area contributed by atoms with E-state index in [1.165, 1.54) is 6.39 Å². The molecule has 0 unspecified atom stereocenters. The molecule has 6 heteroatoms. The van der Waals surface area contributed by atoms with Gasteiger partial charge in [0.1, 0.15) is 5.76 Å². The van der Waals surface area contributed by atoms with Crippen molar-refractivity contribution in [2.24, 2.45) is 5.92 Å². The maximum Gasteiger partial charge on any atom is 0.276 e. The van der Waals surface area contributed by atoms with Gasteiger partial charge in [-0.05, 0) is 5.92 Å². The summed E-state index contributed by atoms with van der Waals surface area (Å²) in [4.78, 5) is 21.1. The number of aromatic nitrogens is 1. The van der Waals surface area contributed by atoms with Gasteiger partial charge in [0.25, 0.3) is 5.91 Å². The summed E-state index contributed by atoms with van der Waals surface area (Å²) < 4.78 is 10.7. The Labute approximate surface area is 125 Å². The lowest BCUT2D eigenvalue weighted by atomic mass is 10.0. The van der Waals surface area contributed by atoms with E-state index in [1.807, 2.05) is 11.8 Å². The first-order valence-corrected chi connectivity index (χ1v) is 7.74. The minimum Gasteiger partial charge on any atom is -0.448 e. The number of ether oxygens (including phenoxy) is 1. The molecule has 2 saturated heterocycles. The van der Waals surface area contributed by atoms with Crippen LogP contribution in [0.2, 0.25) is 0 Å². The number of amides is 1. The quantitative estimate of drug-likeness (QED) is 0.833. The van der Waals surface area contributed by atoms with Crippen LogP contribution in [0, 0.1) is 5.92 Å². The summed E-state index contributed by atoms with van der Waals surface area (Å²) in [5.74, 6) is 1.16. The van der Waals surface area contributed by atoms with Crippen molar-refractivity contribution in [2.45, 2.75) is 26.3 Å². The standard InChI is InChI=1S/C15H23N3O3/c1-3-13-14(16-10-21-13)15(19)18-8-11(2)12(9-18)17-4-6-20-7-5-17/h10-12H,3-9H2,1-2H3/t11-,12+/m0/s1. The molecule has 1 amide bonds. The number of carbonyl (C=O) groups is 1. The average Bonchev–Trinajstić information content (AvgIpc) is 3.13. The SMILES string of the molecule is CCc1ocnc1C(=O)N1C[C@@H](N2CCOCC2)[C@@H](C)C1. The molecular weight excluding hydrogens is 270 g/mol. The van der Waals surface area contributed by atoms with Crippen LogP contribution in [-0.2, 0) is 11.2 Å². The molecule has 0 saturated carbocycles. The Kier molecular flexibility index (Phi) is 4.26. The van der Waals surface area contributed by atoms with Gasteiger partial charge in [-0.15, -0.1) is 0 Å². The van der Waals surface area contributed by atoms with Crippen LogP contribution in [0.5, 0.6) is 0 Å². The van der Waals surface area contributed by atoms with Gasteiger partial charge in [0.05, 0.1) is 13.2 Å². The highest BCUT2D eigenvalue weighted by Gasteiger charge is 2.37. The summed E-state index contributed by atoms with van der Waals surface area (Å²) in [5.41, 5.74) is 0.479. The molecule has 2 aliphatic rings.